The molecule has 0 spiro atoms. The van der Waals surface area contributed by atoms with Gasteiger partial charge in [-0.3, -0.25) is 9.59 Å². The normalized spacial score (nSPS) is 12.8. The minimum Gasteiger partial charge on any atom is -0.323 e. The number of halogens is 1. The molecule has 1 aliphatic heterocycles. The molecule has 0 saturated heterocycles. The summed E-state index contributed by atoms with van der Waals surface area (Å²) >= 11 is 0. The van der Waals surface area contributed by atoms with E-state index >= 15 is 0 Å². The third-order valence-corrected chi connectivity index (χ3v) is 4.81. The predicted octanol–water partition coefficient (Wildman–Crippen LogP) is 4.68. The highest BCUT2D eigenvalue weighted by molar-refractivity contribution is 6.08. The molecule has 3 aromatic rings. The van der Waals surface area contributed by atoms with Crippen LogP contribution in [0.1, 0.15) is 21.5 Å². The molecule has 0 saturated carbocycles. The molecule has 2 amide bonds. The molecule has 0 fully saturated rings. The molecule has 29 heavy (non-hydrogen) atoms. The monoisotopic (exact) mass is 386 g/mol. The second-order valence-corrected chi connectivity index (χ2v) is 6.79. The highest BCUT2D eigenvalue weighted by atomic mass is 19.1. The van der Waals surface area contributed by atoms with Gasteiger partial charge >= 0.3 is 0 Å². The molecule has 1 heterocycles. The van der Waals surface area contributed by atoms with Crippen molar-refractivity contribution in [1.82, 2.24) is 0 Å². The second kappa shape index (κ2) is 8.10. The topological polar surface area (TPSA) is 49.4 Å². The molecule has 0 aromatic heterocycles. The Morgan fingerprint density at radius 2 is 1.76 bits per heavy atom. The van der Waals surface area contributed by atoms with Gasteiger partial charge in [0.2, 0.25) is 5.91 Å². The van der Waals surface area contributed by atoms with Crippen LogP contribution in [0, 0.1) is 5.82 Å². The van der Waals surface area contributed by atoms with Gasteiger partial charge in [-0.1, -0.05) is 30.3 Å². The van der Waals surface area contributed by atoms with Crippen molar-refractivity contribution in [3.63, 3.8) is 0 Å². The summed E-state index contributed by atoms with van der Waals surface area (Å²) in [5, 5.41) is 2.73. The van der Waals surface area contributed by atoms with Crippen LogP contribution in [-0.4, -0.2) is 18.4 Å². The Bertz CT molecular complexity index is 1090. The Labute approximate surface area is 168 Å². The maximum Gasteiger partial charge on any atom is 0.258 e. The van der Waals surface area contributed by atoms with E-state index in [0.717, 1.165) is 12.1 Å². The lowest BCUT2D eigenvalue weighted by molar-refractivity contribution is -0.111. The number of anilines is 2. The zero-order valence-electron chi connectivity index (χ0n) is 15.6. The summed E-state index contributed by atoms with van der Waals surface area (Å²) in [5.41, 5.74) is 3.88. The van der Waals surface area contributed by atoms with Crippen LogP contribution in [0.5, 0.6) is 0 Å². The lowest BCUT2D eigenvalue weighted by atomic mass is 10.1. The number of nitrogens with one attached hydrogen (secondary N) is 1. The van der Waals surface area contributed by atoms with Crippen LogP contribution in [0.25, 0.3) is 6.08 Å². The minimum absolute atomic E-state index is 0.0566. The molecule has 5 heteroatoms. The average molecular weight is 386 g/mol. The summed E-state index contributed by atoms with van der Waals surface area (Å²) < 4.78 is 13.2. The van der Waals surface area contributed by atoms with Crippen molar-refractivity contribution >= 4 is 29.3 Å². The molecule has 3 aromatic carbocycles. The zero-order valence-corrected chi connectivity index (χ0v) is 15.6. The van der Waals surface area contributed by atoms with Crippen LogP contribution in [0.15, 0.2) is 78.9 Å². The van der Waals surface area contributed by atoms with Gasteiger partial charge in [-0.05, 0) is 66.1 Å². The van der Waals surface area contributed by atoms with Gasteiger partial charge in [0.25, 0.3) is 5.91 Å². The van der Waals surface area contributed by atoms with Gasteiger partial charge in [-0.15, -0.1) is 0 Å². The molecule has 144 valence electrons. The fourth-order valence-electron chi connectivity index (χ4n) is 3.37. The van der Waals surface area contributed by atoms with Crippen molar-refractivity contribution in [3.8, 4) is 0 Å². The lowest BCUT2D eigenvalue weighted by Gasteiger charge is -2.17. The Morgan fingerprint density at radius 3 is 2.55 bits per heavy atom. The quantitative estimate of drug-likeness (QED) is 0.662. The lowest BCUT2D eigenvalue weighted by Crippen LogP contribution is -2.28. The highest BCUT2D eigenvalue weighted by Crippen LogP contribution is 2.29. The fraction of sp³-hybridized carbons (Fsp3) is 0.0833. The van der Waals surface area contributed by atoms with Crippen molar-refractivity contribution in [2.24, 2.45) is 0 Å². The molecule has 4 rings (SSSR count). The first-order valence-electron chi connectivity index (χ1n) is 9.34. The first-order valence-corrected chi connectivity index (χ1v) is 9.34. The van der Waals surface area contributed by atoms with Gasteiger partial charge in [0.1, 0.15) is 5.82 Å². The number of carbonyl (C=O) groups is 2. The summed E-state index contributed by atoms with van der Waals surface area (Å²) in [6, 6.07) is 20.7. The third-order valence-electron chi connectivity index (χ3n) is 4.81. The van der Waals surface area contributed by atoms with E-state index in [4.69, 9.17) is 0 Å². The van der Waals surface area contributed by atoms with E-state index in [0.29, 0.717) is 23.4 Å². The molecule has 0 aliphatic carbocycles. The molecule has 1 N–H and O–H groups in total. The molecule has 0 radical (unpaired) electrons. The van der Waals surface area contributed by atoms with E-state index in [1.165, 1.54) is 23.8 Å². The van der Waals surface area contributed by atoms with Crippen LogP contribution < -0.4 is 10.2 Å². The SMILES string of the molecule is O=C(/C=C/c1cccc(F)c1)Nc1ccc(C(=O)N2CCc3ccccc32)cc1. The molecule has 0 unspecified atom stereocenters. The maximum atomic E-state index is 13.2. The standard InChI is InChI=1S/C24H19FN2O2/c25-20-6-3-4-17(16-20)8-13-23(28)26-21-11-9-19(10-12-21)24(29)27-15-14-18-5-1-2-7-22(18)27/h1-13,16H,14-15H2,(H,26,28)/b13-8+. The van der Waals surface area contributed by atoms with Gasteiger partial charge in [0.05, 0.1) is 0 Å². The van der Waals surface area contributed by atoms with E-state index < -0.39 is 0 Å². The molecule has 4 nitrogen and oxygen atoms in total. The van der Waals surface area contributed by atoms with Crippen molar-refractivity contribution in [1.29, 1.82) is 0 Å². The summed E-state index contributed by atoms with van der Waals surface area (Å²) in [5.74, 6) is -0.742. The minimum atomic E-state index is -0.353. The molecule has 0 atom stereocenters. The largest absolute Gasteiger partial charge is 0.323 e. The van der Waals surface area contributed by atoms with Crippen LogP contribution in [0.2, 0.25) is 0 Å². The summed E-state index contributed by atoms with van der Waals surface area (Å²) in [6.07, 6.45) is 3.74. The highest BCUT2D eigenvalue weighted by Gasteiger charge is 2.24. The van der Waals surface area contributed by atoms with Gasteiger partial charge in [0.15, 0.2) is 0 Å². The summed E-state index contributed by atoms with van der Waals surface area (Å²) in [6.45, 7) is 0.668. The predicted molar refractivity (Wildman–Crippen MR) is 112 cm³/mol. The smallest absolute Gasteiger partial charge is 0.258 e. The van der Waals surface area contributed by atoms with E-state index in [1.54, 1.807) is 47.4 Å². The number of benzene rings is 3. The van der Waals surface area contributed by atoms with Crippen LogP contribution in [0.4, 0.5) is 15.8 Å². The summed E-state index contributed by atoms with van der Waals surface area (Å²) in [7, 11) is 0. The van der Waals surface area contributed by atoms with Crippen LogP contribution in [-0.2, 0) is 11.2 Å². The van der Waals surface area contributed by atoms with Crippen molar-refractivity contribution < 1.29 is 14.0 Å². The number of rotatable bonds is 4. The van der Waals surface area contributed by atoms with Gasteiger partial charge in [0, 0.05) is 29.6 Å². The van der Waals surface area contributed by atoms with Gasteiger partial charge < -0.3 is 10.2 Å². The molecular weight excluding hydrogens is 367 g/mol. The Morgan fingerprint density at radius 1 is 0.966 bits per heavy atom. The Kier molecular flexibility index (Phi) is 5.20. The van der Waals surface area contributed by atoms with Crippen LogP contribution >= 0.6 is 0 Å². The van der Waals surface area contributed by atoms with E-state index in [9.17, 15) is 14.0 Å². The number of hydrogen-bond acceptors (Lipinski definition) is 2. The fourth-order valence-corrected chi connectivity index (χ4v) is 3.37. The zero-order chi connectivity index (χ0) is 20.2. The maximum absolute atomic E-state index is 13.2. The second-order valence-electron chi connectivity index (χ2n) is 6.79. The van der Waals surface area contributed by atoms with Crippen molar-refractivity contribution in [2.75, 3.05) is 16.8 Å². The first kappa shape index (κ1) is 18.6. The number of carbonyl (C=O) groups excluding carboxylic acids is 2. The molecular formula is C24H19FN2O2. The van der Waals surface area contributed by atoms with Gasteiger partial charge in [-0.25, -0.2) is 4.39 Å². The van der Waals surface area contributed by atoms with E-state index in [-0.39, 0.29) is 17.6 Å². The van der Waals surface area contributed by atoms with E-state index in [1.807, 2.05) is 24.3 Å². The summed E-state index contributed by atoms with van der Waals surface area (Å²) in [4.78, 5) is 26.7. The van der Waals surface area contributed by atoms with Crippen molar-refractivity contribution in [2.45, 2.75) is 6.42 Å². The number of hydrogen-bond donors (Lipinski definition) is 1. The van der Waals surface area contributed by atoms with E-state index in [2.05, 4.69) is 5.32 Å². The average Bonchev–Trinajstić information content (AvgIpc) is 3.17. The van der Waals surface area contributed by atoms with Gasteiger partial charge in [-0.2, -0.15) is 0 Å². The number of para-hydroxylation sites is 1. The Hall–Kier alpha value is -3.73. The number of amides is 2. The number of nitrogens with zero attached hydrogens (tertiary/aromatic N) is 1. The molecule has 1 aliphatic rings. The molecule has 0 bridgehead atoms. The van der Waals surface area contributed by atoms with Crippen molar-refractivity contribution in [3.05, 3.63) is 101 Å². The number of fused-ring (bicyclic) bond motifs is 1. The first-order chi connectivity index (χ1) is 14.1. The van der Waals surface area contributed by atoms with Crippen LogP contribution in [0.3, 0.4) is 0 Å². The Balaban J connectivity index is 1.40. The third kappa shape index (κ3) is 4.24.